The van der Waals surface area contributed by atoms with Crippen molar-refractivity contribution >= 4 is 11.9 Å². The highest BCUT2D eigenvalue weighted by molar-refractivity contribution is 5.89. The van der Waals surface area contributed by atoms with Crippen LogP contribution in [0.5, 0.6) is 0 Å². The molecule has 1 fully saturated rings. The summed E-state index contributed by atoms with van der Waals surface area (Å²) in [6, 6.07) is 2.66. The van der Waals surface area contributed by atoms with Crippen LogP contribution in [-0.2, 0) is 10.2 Å². The van der Waals surface area contributed by atoms with E-state index in [4.69, 9.17) is 10.2 Å². The lowest BCUT2D eigenvalue weighted by Gasteiger charge is -2.15. The molecule has 18 heavy (non-hydrogen) atoms. The Hall–Kier alpha value is -1.91. The lowest BCUT2D eigenvalue weighted by Crippen LogP contribution is -2.15. The van der Waals surface area contributed by atoms with Crippen molar-refractivity contribution in [3.63, 3.8) is 0 Å². The van der Waals surface area contributed by atoms with Gasteiger partial charge in [0.2, 0.25) is 0 Å². The van der Waals surface area contributed by atoms with Gasteiger partial charge in [-0.25, -0.2) is 9.18 Å². The number of halogens is 1. The van der Waals surface area contributed by atoms with Gasteiger partial charge in [0, 0.05) is 5.41 Å². The molecular formula is C13H13FO4. The maximum atomic E-state index is 13.7. The summed E-state index contributed by atoms with van der Waals surface area (Å²) in [5.74, 6) is -2.74. The normalized spacial score (nSPS) is 16.3. The molecule has 4 nitrogen and oxygen atoms in total. The van der Waals surface area contributed by atoms with Crippen molar-refractivity contribution in [1.82, 2.24) is 0 Å². The minimum absolute atomic E-state index is 0.0809. The third kappa shape index (κ3) is 2.08. The molecule has 1 aromatic carbocycles. The molecule has 0 spiro atoms. The summed E-state index contributed by atoms with van der Waals surface area (Å²) in [6.45, 7) is 1.40. The van der Waals surface area contributed by atoms with Crippen LogP contribution < -0.4 is 0 Å². The molecule has 2 rings (SSSR count). The van der Waals surface area contributed by atoms with Gasteiger partial charge < -0.3 is 10.2 Å². The maximum Gasteiger partial charge on any atom is 0.336 e. The predicted molar refractivity (Wildman–Crippen MR) is 61.3 cm³/mol. The number of aliphatic carboxylic acids is 1. The lowest BCUT2D eigenvalue weighted by atomic mass is 9.89. The lowest BCUT2D eigenvalue weighted by molar-refractivity contribution is -0.137. The minimum Gasteiger partial charge on any atom is -0.481 e. The van der Waals surface area contributed by atoms with Crippen molar-refractivity contribution in [3.05, 3.63) is 34.6 Å². The SMILES string of the molecule is Cc1c(F)cc(C2(CC(=O)O)CC2)cc1C(=O)O. The summed E-state index contributed by atoms with van der Waals surface area (Å²) in [4.78, 5) is 21.8. The first-order valence-corrected chi connectivity index (χ1v) is 5.61. The van der Waals surface area contributed by atoms with Crippen LogP contribution in [0.4, 0.5) is 4.39 Å². The first-order valence-electron chi connectivity index (χ1n) is 5.61. The van der Waals surface area contributed by atoms with Gasteiger partial charge in [0.05, 0.1) is 12.0 Å². The third-order valence-electron chi connectivity index (χ3n) is 3.53. The second kappa shape index (κ2) is 4.08. The van der Waals surface area contributed by atoms with Gasteiger partial charge in [-0.05, 0) is 43.0 Å². The van der Waals surface area contributed by atoms with Gasteiger partial charge in [-0.1, -0.05) is 0 Å². The van der Waals surface area contributed by atoms with Crippen LogP contribution >= 0.6 is 0 Å². The largest absolute Gasteiger partial charge is 0.481 e. The summed E-state index contributed by atoms with van der Waals surface area (Å²) in [5, 5.41) is 17.8. The van der Waals surface area contributed by atoms with Gasteiger partial charge in [0.25, 0.3) is 0 Å². The zero-order valence-electron chi connectivity index (χ0n) is 9.86. The standard InChI is InChI=1S/C13H13FO4/c1-7-9(12(17)18)4-8(5-10(7)14)13(2-3-13)6-11(15)16/h4-5H,2-3,6H2,1H3,(H,15,16)(H,17,18). The van der Waals surface area contributed by atoms with Crippen LogP contribution in [0.2, 0.25) is 0 Å². The number of carboxylic acid groups (broad SMARTS) is 2. The van der Waals surface area contributed by atoms with Crippen molar-refractivity contribution in [2.24, 2.45) is 0 Å². The molecule has 1 aromatic rings. The van der Waals surface area contributed by atoms with E-state index in [1.165, 1.54) is 19.1 Å². The van der Waals surface area contributed by atoms with Crippen molar-refractivity contribution in [1.29, 1.82) is 0 Å². The Morgan fingerprint density at radius 3 is 2.39 bits per heavy atom. The topological polar surface area (TPSA) is 74.6 Å². The summed E-state index contributed by atoms with van der Waals surface area (Å²) in [6.07, 6.45) is 1.22. The Labute approximate surface area is 103 Å². The van der Waals surface area contributed by atoms with Crippen molar-refractivity contribution < 1.29 is 24.2 Å². The Morgan fingerprint density at radius 1 is 1.33 bits per heavy atom. The van der Waals surface area contributed by atoms with Crippen molar-refractivity contribution in [2.45, 2.75) is 31.6 Å². The zero-order chi connectivity index (χ0) is 13.5. The molecule has 0 saturated heterocycles. The fraction of sp³-hybridized carbons (Fsp3) is 0.385. The molecule has 96 valence electrons. The molecule has 0 bridgehead atoms. The average Bonchev–Trinajstić information content (AvgIpc) is 3.01. The number of benzene rings is 1. The fourth-order valence-electron chi connectivity index (χ4n) is 2.22. The van der Waals surface area contributed by atoms with Gasteiger partial charge >= 0.3 is 11.9 Å². The molecule has 2 N–H and O–H groups in total. The second-order valence-electron chi connectivity index (χ2n) is 4.79. The molecule has 0 atom stereocenters. The Balaban J connectivity index is 2.47. The molecule has 0 amide bonds. The van der Waals surface area contributed by atoms with E-state index in [9.17, 15) is 14.0 Å². The quantitative estimate of drug-likeness (QED) is 0.862. The summed E-state index contributed by atoms with van der Waals surface area (Å²) in [7, 11) is 0. The van der Waals surface area contributed by atoms with Gasteiger partial charge in [-0.2, -0.15) is 0 Å². The number of rotatable bonds is 4. The van der Waals surface area contributed by atoms with Gasteiger partial charge in [0.1, 0.15) is 5.82 Å². The number of carbonyl (C=O) groups is 2. The highest BCUT2D eigenvalue weighted by atomic mass is 19.1. The monoisotopic (exact) mass is 252 g/mol. The van der Waals surface area contributed by atoms with E-state index in [1.54, 1.807) is 0 Å². The molecular weight excluding hydrogens is 239 g/mol. The van der Waals surface area contributed by atoms with Crippen molar-refractivity contribution in [3.8, 4) is 0 Å². The molecule has 0 aromatic heterocycles. The highest BCUT2D eigenvalue weighted by Crippen LogP contribution is 2.51. The summed E-state index contributed by atoms with van der Waals surface area (Å²) >= 11 is 0. The Kier molecular flexibility index (Phi) is 2.84. The number of hydrogen-bond acceptors (Lipinski definition) is 2. The third-order valence-corrected chi connectivity index (χ3v) is 3.53. The summed E-state index contributed by atoms with van der Waals surface area (Å²) in [5.41, 5.74) is -0.116. The molecule has 1 saturated carbocycles. The zero-order valence-corrected chi connectivity index (χ0v) is 9.86. The molecule has 1 aliphatic rings. The molecule has 0 radical (unpaired) electrons. The highest BCUT2D eigenvalue weighted by Gasteiger charge is 2.46. The van der Waals surface area contributed by atoms with Crippen LogP contribution in [0.3, 0.4) is 0 Å². The van der Waals surface area contributed by atoms with E-state index < -0.39 is 23.2 Å². The number of hydrogen-bond donors (Lipinski definition) is 2. The Morgan fingerprint density at radius 2 is 1.94 bits per heavy atom. The Bertz CT molecular complexity index is 532. The summed E-state index contributed by atoms with van der Waals surface area (Å²) < 4.78 is 13.7. The molecule has 1 aliphatic carbocycles. The average molecular weight is 252 g/mol. The second-order valence-corrected chi connectivity index (χ2v) is 4.79. The van der Waals surface area contributed by atoms with Crippen LogP contribution in [-0.4, -0.2) is 22.2 Å². The van der Waals surface area contributed by atoms with E-state index in [2.05, 4.69) is 0 Å². The first-order chi connectivity index (χ1) is 8.35. The fourth-order valence-corrected chi connectivity index (χ4v) is 2.22. The smallest absolute Gasteiger partial charge is 0.336 e. The molecule has 0 unspecified atom stereocenters. The number of carboxylic acids is 2. The van der Waals surface area contributed by atoms with E-state index in [-0.39, 0.29) is 17.5 Å². The van der Waals surface area contributed by atoms with Gasteiger partial charge in [0.15, 0.2) is 0 Å². The van der Waals surface area contributed by atoms with E-state index in [0.29, 0.717) is 18.4 Å². The van der Waals surface area contributed by atoms with Gasteiger partial charge in [-0.15, -0.1) is 0 Å². The maximum absolute atomic E-state index is 13.7. The van der Waals surface area contributed by atoms with E-state index in [1.807, 2.05) is 0 Å². The van der Waals surface area contributed by atoms with E-state index >= 15 is 0 Å². The van der Waals surface area contributed by atoms with Crippen LogP contribution in [0, 0.1) is 12.7 Å². The van der Waals surface area contributed by atoms with E-state index in [0.717, 1.165) is 0 Å². The molecule has 5 heteroatoms. The van der Waals surface area contributed by atoms with Gasteiger partial charge in [-0.3, -0.25) is 4.79 Å². The number of aromatic carboxylic acids is 1. The van der Waals surface area contributed by atoms with Crippen LogP contribution in [0.1, 0.15) is 40.7 Å². The first kappa shape index (κ1) is 12.5. The van der Waals surface area contributed by atoms with Crippen molar-refractivity contribution in [2.75, 3.05) is 0 Å². The van der Waals surface area contributed by atoms with Crippen LogP contribution in [0.15, 0.2) is 12.1 Å². The van der Waals surface area contributed by atoms with Crippen LogP contribution in [0.25, 0.3) is 0 Å². The molecule has 0 heterocycles. The minimum atomic E-state index is -1.20. The predicted octanol–water partition coefficient (Wildman–Crippen LogP) is 2.34. The molecule has 0 aliphatic heterocycles.